The Labute approximate surface area is 106 Å². The lowest BCUT2D eigenvalue weighted by atomic mass is 10.1. The van der Waals surface area contributed by atoms with Crippen molar-refractivity contribution in [2.45, 2.75) is 20.3 Å². The topological polar surface area (TPSA) is 50.9 Å². The Morgan fingerprint density at radius 1 is 1.29 bits per heavy atom. The largest absolute Gasteiger partial charge is 0.383 e. The van der Waals surface area contributed by atoms with Gasteiger partial charge in [-0.3, -0.25) is 0 Å². The fourth-order valence-corrected chi connectivity index (χ4v) is 2.45. The average Bonchev–Trinajstić information content (AvgIpc) is 2.63. The van der Waals surface area contributed by atoms with E-state index in [4.69, 9.17) is 5.73 Å². The molecule has 0 unspecified atom stereocenters. The van der Waals surface area contributed by atoms with Crippen LogP contribution >= 0.6 is 11.5 Å². The minimum atomic E-state index is 0.633. The third-order valence-corrected chi connectivity index (χ3v) is 3.82. The van der Waals surface area contributed by atoms with Crippen molar-refractivity contribution in [2.75, 3.05) is 17.6 Å². The van der Waals surface area contributed by atoms with Crippen LogP contribution in [0.5, 0.6) is 0 Å². The maximum atomic E-state index is 5.71. The number of aromatic nitrogens is 1. The summed E-state index contributed by atoms with van der Waals surface area (Å²) in [4.78, 5) is 0. The molecule has 2 aromatic rings. The first-order valence-corrected chi connectivity index (χ1v) is 6.46. The van der Waals surface area contributed by atoms with Crippen LogP contribution in [-0.2, 0) is 6.42 Å². The molecule has 0 bridgehead atoms. The molecule has 1 aromatic heterocycles. The van der Waals surface area contributed by atoms with Crippen molar-refractivity contribution >= 4 is 22.4 Å². The zero-order valence-electron chi connectivity index (χ0n) is 10.2. The molecule has 0 aliphatic rings. The third kappa shape index (κ3) is 2.77. The lowest BCUT2D eigenvalue weighted by molar-refractivity contribution is 1.01. The van der Waals surface area contributed by atoms with Crippen LogP contribution in [0.25, 0.3) is 0 Å². The number of nitrogen functional groups attached to an aromatic ring is 1. The second-order valence-electron chi connectivity index (χ2n) is 4.13. The fourth-order valence-electron chi connectivity index (χ4n) is 1.71. The zero-order valence-corrected chi connectivity index (χ0v) is 11.0. The van der Waals surface area contributed by atoms with E-state index in [9.17, 15) is 0 Å². The number of nitrogens with zero attached hydrogens (tertiary/aromatic N) is 1. The molecule has 0 aliphatic heterocycles. The van der Waals surface area contributed by atoms with Gasteiger partial charge in [-0.2, -0.15) is 4.37 Å². The molecule has 90 valence electrons. The van der Waals surface area contributed by atoms with Crippen molar-refractivity contribution in [1.82, 2.24) is 4.37 Å². The minimum Gasteiger partial charge on any atom is -0.383 e. The Balaban J connectivity index is 1.92. The van der Waals surface area contributed by atoms with Gasteiger partial charge in [0.05, 0.1) is 0 Å². The molecule has 3 N–H and O–H groups in total. The van der Waals surface area contributed by atoms with Crippen LogP contribution in [0, 0.1) is 13.8 Å². The van der Waals surface area contributed by atoms with Gasteiger partial charge in [-0.15, -0.1) is 0 Å². The van der Waals surface area contributed by atoms with E-state index >= 15 is 0 Å². The second-order valence-corrected chi connectivity index (χ2v) is 4.90. The lowest BCUT2D eigenvalue weighted by Gasteiger charge is -2.07. The SMILES string of the molecule is Cc1ccccc1CCNc1snc(N)c1C. The molecule has 2 rings (SSSR count). The summed E-state index contributed by atoms with van der Waals surface area (Å²) < 4.78 is 4.12. The predicted octanol–water partition coefficient (Wildman–Crippen LogP) is 3.00. The van der Waals surface area contributed by atoms with Gasteiger partial charge in [-0.1, -0.05) is 24.3 Å². The molecule has 17 heavy (non-hydrogen) atoms. The summed E-state index contributed by atoms with van der Waals surface area (Å²) in [5.41, 5.74) is 9.49. The molecule has 0 saturated carbocycles. The summed E-state index contributed by atoms with van der Waals surface area (Å²) in [7, 11) is 0. The maximum absolute atomic E-state index is 5.71. The van der Waals surface area contributed by atoms with Crippen molar-refractivity contribution in [1.29, 1.82) is 0 Å². The Hall–Kier alpha value is -1.55. The van der Waals surface area contributed by atoms with Gasteiger partial charge in [-0.05, 0) is 42.9 Å². The van der Waals surface area contributed by atoms with Crippen LogP contribution in [0.3, 0.4) is 0 Å². The molecule has 1 heterocycles. The number of nitrogens with two attached hydrogens (primary N) is 1. The van der Waals surface area contributed by atoms with E-state index in [1.54, 1.807) is 0 Å². The number of anilines is 2. The molecule has 0 atom stereocenters. The van der Waals surface area contributed by atoms with Gasteiger partial charge in [-0.25, -0.2) is 0 Å². The Kier molecular flexibility index (Phi) is 3.64. The smallest absolute Gasteiger partial charge is 0.142 e. The molecule has 0 amide bonds. The predicted molar refractivity (Wildman–Crippen MR) is 74.6 cm³/mol. The third-order valence-electron chi connectivity index (χ3n) is 2.90. The zero-order chi connectivity index (χ0) is 12.3. The number of hydrogen-bond donors (Lipinski definition) is 2. The highest BCUT2D eigenvalue weighted by atomic mass is 32.1. The number of aryl methyl sites for hydroxylation is 1. The number of hydrogen-bond acceptors (Lipinski definition) is 4. The molecular weight excluding hydrogens is 230 g/mol. The molecule has 4 heteroatoms. The Morgan fingerprint density at radius 2 is 2.06 bits per heavy atom. The van der Waals surface area contributed by atoms with E-state index in [2.05, 4.69) is 40.9 Å². The highest BCUT2D eigenvalue weighted by Gasteiger charge is 2.05. The van der Waals surface area contributed by atoms with E-state index in [1.807, 2.05) is 6.92 Å². The molecule has 1 aromatic carbocycles. The van der Waals surface area contributed by atoms with E-state index in [1.165, 1.54) is 22.7 Å². The van der Waals surface area contributed by atoms with E-state index in [0.29, 0.717) is 5.82 Å². The maximum Gasteiger partial charge on any atom is 0.142 e. The number of rotatable bonds is 4. The quantitative estimate of drug-likeness (QED) is 0.873. The minimum absolute atomic E-state index is 0.633. The highest BCUT2D eigenvalue weighted by Crippen LogP contribution is 2.25. The molecule has 0 aliphatic carbocycles. The Bertz CT molecular complexity index is 505. The Morgan fingerprint density at radius 3 is 2.71 bits per heavy atom. The lowest BCUT2D eigenvalue weighted by Crippen LogP contribution is -2.05. The van der Waals surface area contributed by atoms with E-state index < -0.39 is 0 Å². The van der Waals surface area contributed by atoms with Gasteiger partial charge < -0.3 is 11.1 Å². The summed E-state index contributed by atoms with van der Waals surface area (Å²) in [6, 6.07) is 8.47. The molecule has 3 nitrogen and oxygen atoms in total. The van der Waals surface area contributed by atoms with Gasteiger partial charge in [0.2, 0.25) is 0 Å². The average molecular weight is 247 g/mol. The van der Waals surface area contributed by atoms with Gasteiger partial charge in [0.15, 0.2) is 0 Å². The summed E-state index contributed by atoms with van der Waals surface area (Å²) in [5.74, 6) is 0.633. The first-order chi connectivity index (χ1) is 8.18. The summed E-state index contributed by atoms with van der Waals surface area (Å²) in [5, 5.41) is 4.47. The van der Waals surface area contributed by atoms with Gasteiger partial charge in [0.1, 0.15) is 10.8 Å². The first kappa shape index (κ1) is 11.9. The van der Waals surface area contributed by atoms with Gasteiger partial charge in [0.25, 0.3) is 0 Å². The van der Waals surface area contributed by atoms with E-state index in [0.717, 1.165) is 23.5 Å². The summed E-state index contributed by atoms with van der Waals surface area (Å²) in [6.07, 6.45) is 1.02. The van der Waals surface area contributed by atoms with Crippen molar-refractivity contribution in [3.05, 3.63) is 41.0 Å². The number of benzene rings is 1. The van der Waals surface area contributed by atoms with Crippen molar-refractivity contribution < 1.29 is 0 Å². The van der Waals surface area contributed by atoms with Crippen LogP contribution in [-0.4, -0.2) is 10.9 Å². The standard InChI is InChI=1S/C13H17N3S/c1-9-5-3-4-6-11(9)7-8-15-13-10(2)12(14)16-17-13/h3-6,15H,7-8H2,1-2H3,(H2,14,16). The molecule has 0 radical (unpaired) electrons. The van der Waals surface area contributed by atoms with E-state index in [-0.39, 0.29) is 0 Å². The van der Waals surface area contributed by atoms with Crippen LogP contribution in [0.4, 0.5) is 10.8 Å². The highest BCUT2D eigenvalue weighted by molar-refractivity contribution is 7.10. The van der Waals surface area contributed by atoms with Gasteiger partial charge in [0, 0.05) is 12.1 Å². The second kappa shape index (κ2) is 5.19. The first-order valence-electron chi connectivity index (χ1n) is 5.68. The van der Waals surface area contributed by atoms with Crippen LogP contribution in [0.2, 0.25) is 0 Å². The van der Waals surface area contributed by atoms with Crippen LogP contribution < -0.4 is 11.1 Å². The molecule has 0 fully saturated rings. The fraction of sp³-hybridized carbons (Fsp3) is 0.308. The van der Waals surface area contributed by atoms with Crippen LogP contribution in [0.15, 0.2) is 24.3 Å². The van der Waals surface area contributed by atoms with Crippen molar-refractivity contribution in [3.63, 3.8) is 0 Å². The summed E-state index contributed by atoms with van der Waals surface area (Å²) in [6.45, 7) is 5.05. The van der Waals surface area contributed by atoms with Gasteiger partial charge >= 0.3 is 0 Å². The normalized spacial score (nSPS) is 10.5. The molecular formula is C13H17N3S. The van der Waals surface area contributed by atoms with Crippen molar-refractivity contribution in [3.8, 4) is 0 Å². The van der Waals surface area contributed by atoms with Crippen molar-refractivity contribution in [2.24, 2.45) is 0 Å². The monoisotopic (exact) mass is 247 g/mol. The molecule has 0 spiro atoms. The summed E-state index contributed by atoms with van der Waals surface area (Å²) >= 11 is 1.43. The van der Waals surface area contributed by atoms with Crippen LogP contribution in [0.1, 0.15) is 16.7 Å². The number of nitrogens with one attached hydrogen (secondary N) is 1. The molecule has 0 saturated heterocycles.